The highest BCUT2D eigenvalue weighted by Crippen LogP contribution is 2.40. The van der Waals surface area contributed by atoms with Gasteiger partial charge in [0.25, 0.3) is 0 Å². The van der Waals surface area contributed by atoms with Crippen molar-refractivity contribution in [3.05, 3.63) is 58.1 Å². The molecule has 1 unspecified atom stereocenters. The second kappa shape index (κ2) is 7.00. The molecule has 1 aliphatic rings. The van der Waals surface area contributed by atoms with Gasteiger partial charge < -0.3 is 0 Å². The minimum absolute atomic E-state index is 0.0663. The SMILES string of the molecule is CS(=O)(=O)c1ccc(N2N=C(C(F)(F)F)CC2c2ccc(Cl)c(Cl)c2)cc1. The van der Waals surface area contributed by atoms with Crippen LogP contribution in [0.15, 0.2) is 52.5 Å². The van der Waals surface area contributed by atoms with E-state index in [0.29, 0.717) is 16.3 Å². The summed E-state index contributed by atoms with van der Waals surface area (Å²) in [5.41, 5.74) is -0.0805. The maximum atomic E-state index is 13.2. The zero-order valence-corrected chi connectivity index (χ0v) is 16.2. The number of benzene rings is 2. The van der Waals surface area contributed by atoms with Crippen molar-refractivity contribution in [2.75, 3.05) is 11.3 Å². The van der Waals surface area contributed by atoms with Gasteiger partial charge in [-0.2, -0.15) is 18.3 Å². The van der Waals surface area contributed by atoms with Crippen LogP contribution in [0.1, 0.15) is 18.0 Å². The summed E-state index contributed by atoms with van der Waals surface area (Å²) in [5.74, 6) is 0. The van der Waals surface area contributed by atoms with Crippen molar-refractivity contribution < 1.29 is 21.6 Å². The van der Waals surface area contributed by atoms with Gasteiger partial charge in [0, 0.05) is 12.7 Å². The highest BCUT2D eigenvalue weighted by molar-refractivity contribution is 7.90. The van der Waals surface area contributed by atoms with Crippen LogP contribution >= 0.6 is 23.2 Å². The first-order valence-corrected chi connectivity index (χ1v) is 10.3. The van der Waals surface area contributed by atoms with Gasteiger partial charge in [-0.25, -0.2) is 8.42 Å². The molecule has 1 aliphatic heterocycles. The number of halogens is 5. The van der Waals surface area contributed by atoms with Crippen LogP contribution in [-0.2, 0) is 9.84 Å². The van der Waals surface area contributed by atoms with Crippen LogP contribution in [0.25, 0.3) is 0 Å². The van der Waals surface area contributed by atoms with Crippen molar-refractivity contribution in [1.82, 2.24) is 0 Å². The maximum Gasteiger partial charge on any atom is 0.431 e. The van der Waals surface area contributed by atoms with Crippen LogP contribution in [0.2, 0.25) is 10.0 Å². The van der Waals surface area contributed by atoms with E-state index < -0.39 is 27.8 Å². The number of anilines is 1. The van der Waals surface area contributed by atoms with E-state index >= 15 is 0 Å². The molecule has 0 bridgehead atoms. The average Bonchev–Trinajstić information content (AvgIpc) is 3.02. The Morgan fingerprint density at radius 1 is 1.07 bits per heavy atom. The van der Waals surface area contributed by atoms with Crippen molar-refractivity contribution >= 4 is 44.4 Å². The number of hydrogen-bond donors (Lipinski definition) is 0. The molecule has 144 valence electrons. The predicted molar refractivity (Wildman–Crippen MR) is 99.3 cm³/mol. The summed E-state index contributed by atoms with van der Waals surface area (Å²) in [6.45, 7) is 0. The third-order valence-electron chi connectivity index (χ3n) is 4.10. The number of alkyl halides is 3. The molecule has 0 amide bonds. The zero-order valence-electron chi connectivity index (χ0n) is 13.8. The lowest BCUT2D eigenvalue weighted by molar-refractivity contribution is -0.0600. The first-order chi connectivity index (χ1) is 12.5. The molecule has 2 aromatic carbocycles. The number of hydrazone groups is 1. The van der Waals surface area contributed by atoms with Crippen LogP contribution < -0.4 is 5.01 Å². The van der Waals surface area contributed by atoms with Gasteiger partial charge in [-0.05, 0) is 42.0 Å². The Balaban J connectivity index is 2.04. The Morgan fingerprint density at radius 2 is 1.70 bits per heavy atom. The summed E-state index contributed by atoms with van der Waals surface area (Å²) in [6, 6.07) is 9.35. The lowest BCUT2D eigenvalue weighted by atomic mass is 10.0. The van der Waals surface area contributed by atoms with Gasteiger partial charge in [0.2, 0.25) is 0 Å². The Labute approximate surface area is 164 Å². The normalized spacial score (nSPS) is 17.9. The van der Waals surface area contributed by atoms with Crippen LogP contribution in [-0.4, -0.2) is 26.6 Å². The van der Waals surface area contributed by atoms with Crippen molar-refractivity contribution in [2.24, 2.45) is 5.10 Å². The average molecular weight is 437 g/mol. The lowest BCUT2D eigenvalue weighted by Gasteiger charge is -2.24. The predicted octanol–water partition coefficient (Wildman–Crippen LogP) is 5.27. The van der Waals surface area contributed by atoms with Gasteiger partial charge in [0.1, 0.15) is 5.71 Å². The Morgan fingerprint density at radius 3 is 2.22 bits per heavy atom. The molecular weight excluding hydrogens is 424 g/mol. The van der Waals surface area contributed by atoms with Gasteiger partial charge in [0.15, 0.2) is 9.84 Å². The summed E-state index contributed by atoms with van der Waals surface area (Å²) in [4.78, 5) is 0.0663. The summed E-state index contributed by atoms with van der Waals surface area (Å²) >= 11 is 11.9. The number of nitrogens with zero attached hydrogens (tertiary/aromatic N) is 2. The third kappa shape index (κ3) is 4.23. The van der Waals surface area contributed by atoms with Gasteiger partial charge in [-0.15, -0.1) is 0 Å². The summed E-state index contributed by atoms with van der Waals surface area (Å²) in [7, 11) is -3.42. The molecule has 3 rings (SSSR count). The monoisotopic (exact) mass is 436 g/mol. The van der Waals surface area contributed by atoms with Crippen LogP contribution in [0.4, 0.5) is 18.9 Å². The highest BCUT2D eigenvalue weighted by atomic mass is 35.5. The molecule has 0 aromatic heterocycles. The van der Waals surface area contributed by atoms with E-state index in [0.717, 1.165) is 6.26 Å². The molecule has 0 N–H and O–H groups in total. The fourth-order valence-corrected chi connectivity index (χ4v) is 3.68. The Kier molecular flexibility index (Phi) is 5.18. The first kappa shape index (κ1) is 20.0. The molecule has 1 heterocycles. The second-order valence-corrected chi connectivity index (χ2v) is 8.88. The molecular formula is C17H13Cl2F3N2O2S. The first-order valence-electron chi connectivity index (χ1n) is 7.66. The lowest BCUT2D eigenvalue weighted by Crippen LogP contribution is -2.21. The largest absolute Gasteiger partial charge is 0.431 e. The molecule has 1 atom stereocenters. The minimum atomic E-state index is -4.57. The van der Waals surface area contributed by atoms with Crippen molar-refractivity contribution in [3.63, 3.8) is 0 Å². The third-order valence-corrected chi connectivity index (χ3v) is 5.96. The fraction of sp³-hybridized carbons (Fsp3) is 0.235. The van der Waals surface area contributed by atoms with E-state index in [1.807, 2.05) is 0 Å². The summed E-state index contributed by atoms with van der Waals surface area (Å²) < 4.78 is 62.8. The highest BCUT2D eigenvalue weighted by Gasteiger charge is 2.43. The van der Waals surface area contributed by atoms with E-state index in [1.165, 1.54) is 41.4 Å². The van der Waals surface area contributed by atoms with Crippen LogP contribution in [0.5, 0.6) is 0 Å². The molecule has 27 heavy (non-hydrogen) atoms. The quantitative estimate of drug-likeness (QED) is 0.658. The summed E-state index contributed by atoms with van der Waals surface area (Å²) in [5, 5.41) is 5.46. The molecule has 0 radical (unpaired) electrons. The molecule has 0 saturated heterocycles. The van der Waals surface area contributed by atoms with E-state index in [-0.39, 0.29) is 16.3 Å². The number of sulfone groups is 1. The zero-order chi connectivity index (χ0) is 20.0. The number of hydrogen-bond acceptors (Lipinski definition) is 4. The molecule has 10 heteroatoms. The smallest absolute Gasteiger partial charge is 0.257 e. The molecule has 0 fully saturated rings. The number of rotatable bonds is 3. The molecule has 0 spiro atoms. The Bertz CT molecular complexity index is 1010. The standard InChI is InChI=1S/C17H13Cl2F3N2O2S/c1-27(25,26)12-5-3-11(4-6-12)24-15(9-16(23-24)17(20,21)22)10-2-7-13(18)14(19)8-10/h2-8,15H,9H2,1H3. The molecule has 4 nitrogen and oxygen atoms in total. The fourth-order valence-electron chi connectivity index (χ4n) is 2.75. The van der Waals surface area contributed by atoms with Crippen LogP contribution in [0.3, 0.4) is 0 Å². The Hall–Kier alpha value is -1.77. The van der Waals surface area contributed by atoms with E-state index in [1.54, 1.807) is 6.07 Å². The van der Waals surface area contributed by atoms with Crippen molar-refractivity contribution in [3.8, 4) is 0 Å². The van der Waals surface area contributed by atoms with E-state index in [4.69, 9.17) is 23.2 Å². The van der Waals surface area contributed by atoms with Crippen molar-refractivity contribution in [2.45, 2.75) is 23.5 Å². The van der Waals surface area contributed by atoms with Gasteiger partial charge in [-0.3, -0.25) is 5.01 Å². The topological polar surface area (TPSA) is 49.7 Å². The molecule has 2 aromatic rings. The minimum Gasteiger partial charge on any atom is -0.257 e. The van der Waals surface area contributed by atoms with E-state index in [9.17, 15) is 21.6 Å². The van der Waals surface area contributed by atoms with E-state index in [2.05, 4.69) is 5.10 Å². The van der Waals surface area contributed by atoms with Crippen molar-refractivity contribution in [1.29, 1.82) is 0 Å². The molecule has 0 aliphatic carbocycles. The molecule has 0 saturated carbocycles. The summed E-state index contributed by atoms with van der Waals surface area (Å²) in [6.07, 6.45) is -3.89. The van der Waals surface area contributed by atoms with Gasteiger partial charge >= 0.3 is 6.18 Å². The van der Waals surface area contributed by atoms with Gasteiger partial charge in [-0.1, -0.05) is 29.3 Å². The van der Waals surface area contributed by atoms with Crippen LogP contribution in [0, 0.1) is 0 Å². The van der Waals surface area contributed by atoms with Gasteiger partial charge in [0.05, 0.1) is 26.7 Å². The maximum absolute atomic E-state index is 13.2. The second-order valence-electron chi connectivity index (χ2n) is 6.05.